The summed E-state index contributed by atoms with van der Waals surface area (Å²) in [6.45, 7) is 6.67. The number of aromatic amines is 1. The van der Waals surface area contributed by atoms with Gasteiger partial charge in [-0.15, -0.1) is 0 Å². The van der Waals surface area contributed by atoms with E-state index in [1.54, 1.807) is 34.1 Å². The molecule has 290 valence electrons. The zero-order valence-corrected chi connectivity index (χ0v) is 31.6. The summed E-state index contributed by atoms with van der Waals surface area (Å²) >= 11 is 0. The third kappa shape index (κ3) is 6.76. The Labute approximate surface area is 315 Å². The molecule has 2 amide bonds. The van der Waals surface area contributed by atoms with Gasteiger partial charge in [0.15, 0.2) is 0 Å². The number of aromatic nitrogens is 2. The summed E-state index contributed by atoms with van der Waals surface area (Å²) in [5.74, 6) is -1.62. The van der Waals surface area contributed by atoms with Crippen molar-refractivity contribution in [2.24, 2.45) is 34.5 Å². The Kier molecular flexibility index (Phi) is 9.93. The predicted molar refractivity (Wildman–Crippen MR) is 200 cm³/mol. The molecule has 1 aromatic heterocycles. The molecule has 54 heavy (non-hydrogen) atoms. The highest BCUT2D eigenvalue weighted by atomic mass is 19.3. The van der Waals surface area contributed by atoms with Crippen LogP contribution < -0.4 is 5.56 Å². The van der Waals surface area contributed by atoms with Crippen molar-refractivity contribution in [1.29, 1.82) is 0 Å². The van der Waals surface area contributed by atoms with Crippen LogP contribution in [0.5, 0.6) is 0 Å². The number of H-pyrrole nitrogens is 1. The van der Waals surface area contributed by atoms with Crippen LogP contribution in [0.3, 0.4) is 0 Å². The lowest BCUT2D eigenvalue weighted by Crippen LogP contribution is -2.55. The van der Waals surface area contributed by atoms with E-state index >= 15 is 0 Å². The first-order valence-corrected chi connectivity index (χ1v) is 20.2. The van der Waals surface area contributed by atoms with Crippen molar-refractivity contribution in [3.8, 4) is 0 Å². The summed E-state index contributed by atoms with van der Waals surface area (Å²) < 4.78 is 50.2. The summed E-state index contributed by atoms with van der Waals surface area (Å²) in [5, 5.41) is 7.97. The van der Waals surface area contributed by atoms with Gasteiger partial charge in [0.25, 0.3) is 11.5 Å². The number of fused-ring (bicyclic) bond motifs is 6. The van der Waals surface area contributed by atoms with Crippen LogP contribution in [-0.2, 0) is 16.0 Å². The number of nitrogens with zero attached hydrogens (tertiary/aromatic N) is 3. The monoisotopic (exact) mass is 746 g/mol. The molecular weight excluding hydrogens is 693 g/mol. The molecule has 3 aromatic rings. The molecule has 1 N–H and O–H groups in total. The van der Waals surface area contributed by atoms with Crippen molar-refractivity contribution in [2.75, 3.05) is 32.8 Å². The van der Waals surface area contributed by atoms with Gasteiger partial charge >= 0.3 is 0 Å². The van der Waals surface area contributed by atoms with E-state index in [2.05, 4.69) is 24.0 Å². The Morgan fingerprint density at radius 2 is 1.63 bits per heavy atom. The van der Waals surface area contributed by atoms with Gasteiger partial charge in [-0.3, -0.25) is 14.4 Å². The third-order valence-electron chi connectivity index (χ3n) is 14.7. The Morgan fingerprint density at radius 1 is 0.889 bits per heavy atom. The molecule has 0 unspecified atom stereocenters. The van der Waals surface area contributed by atoms with E-state index in [4.69, 9.17) is 4.74 Å². The number of ether oxygens (including phenoxy) is 1. The normalized spacial score (nSPS) is 31.8. The SMILES string of the molecule is C[C@]12CCC(F)(F)C[C@@H]1CC[C@@H]1[C@@H]2CC[C@]2(C)[C@@H](OCCCC(=O)N3CCN(C(=O)c4cc(Cc5n[nH]c(=O)c6ccccc56)ccc4F)CC3)CC[C@@H]12. The number of benzene rings is 2. The van der Waals surface area contributed by atoms with Crippen molar-refractivity contribution >= 4 is 22.6 Å². The van der Waals surface area contributed by atoms with Crippen molar-refractivity contribution in [3.05, 3.63) is 75.5 Å². The Hall–Kier alpha value is -3.73. The van der Waals surface area contributed by atoms with Gasteiger partial charge in [0.05, 0.1) is 22.7 Å². The second kappa shape index (κ2) is 14.4. The topological polar surface area (TPSA) is 95.6 Å². The van der Waals surface area contributed by atoms with E-state index in [0.29, 0.717) is 98.3 Å². The van der Waals surface area contributed by atoms with Crippen LogP contribution in [0.4, 0.5) is 13.2 Å². The molecule has 0 bridgehead atoms. The molecule has 5 aliphatic rings. The summed E-state index contributed by atoms with van der Waals surface area (Å²) in [4.78, 5) is 42.3. The van der Waals surface area contributed by atoms with E-state index in [9.17, 15) is 27.6 Å². The molecule has 0 spiro atoms. The highest BCUT2D eigenvalue weighted by Crippen LogP contribution is 2.67. The van der Waals surface area contributed by atoms with E-state index in [1.165, 1.54) is 6.07 Å². The van der Waals surface area contributed by atoms with Crippen molar-refractivity contribution < 1.29 is 27.5 Å². The third-order valence-corrected chi connectivity index (χ3v) is 14.7. The van der Waals surface area contributed by atoms with E-state index in [-0.39, 0.29) is 52.7 Å². The average Bonchev–Trinajstić information content (AvgIpc) is 3.51. The number of amides is 2. The predicted octanol–water partition coefficient (Wildman–Crippen LogP) is 7.78. The first-order valence-electron chi connectivity index (χ1n) is 20.2. The number of alkyl halides is 2. The lowest BCUT2D eigenvalue weighted by molar-refractivity contribution is -0.169. The van der Waals surface area contributed by atoms with Gasteiger partial charge in [-0.2, -0.15) is 5.10 Å². The van der Waals surface area contributed by atoms with Crippen LogP contribution in [0.15, 0.2) is 47.3 Å². The number of carbonyl (C=O) groups is 2. The fraction of sp³-hybridized carbons (Fsp3) is 0.628. The number of hydrogen-bond donors (Lipinski definition) is 1. The van der Waals surface area contributed by atoms with Gasteiger partial charge in [0, 0.05) is 63.9 Å². The molecule has 0 radical (unpaired) electrons. The number of carbonyl (C=O) groups excluding carboxylic acids is 2. The summed E-state index contributed by atoms with van der Waals surface area (Å²) in [5.41, 5.74) is 1.16. The summed E-state index contributed by atoms with van der Waals surface area (Å²) in [6, 6.07) is 11.6. The quantitative estimate of drug-likeness (QED) is 0.238. The lowest BCUT2D eigenvalue weighted by Gasteiger charge is -2.61. The molecular formula is C43H53F3N4O4. The van der Waals surface area contributed by atoms with Gasteiger partial charge in [0.2, 0.25) is 11.8 Å². The van der Waals surface area contributed by atoms with Crippen LogP contribution in [-0.4, -0.2) is 76.6 Å². The minimum absolute atomic E-state index is 0.0185. The van der Waals surface area contributed by atoms with Gasteiger partial charge in [-0.05, 0) is 110 Å². The Bertz CT molecular complexity index is 1960. The Morgan fingerprint density at radius 3 is 2.43 bits per heavy atom. The number of piperazine rings is 1. The molecule has 1 saturated heterocycles. The zero-order chi connectivity index (χ0) is 37.8. The minimum atomic E-state index is -2.50. The van der Waals surface area contributed by atoms with Crippen LogP contribution in [0.2, 0.25) is 0 Å². The largest absolute Gasteiger partial charge is 0.378 e. The molecule has 1 aliphatic heterocycles. The second-order valence-corrected chi connectivity index (χ2v) is 17.5. The molecule has 4 aliphatic carbocycles. The number of nitrogens with one attached hydrogen (secondary N) is 1. The van der Waals surface area contributed by atoms with Crippen LogP contribution in [0, 0.1) is 40.3 Å². The van der Waals surface area contributed by atoms with Gasteiger partial charge in [-0.1, -0.05) is 38.1 Å². The van der Waals surface area contributed by atoms with Gasteiger partial charge < -0.3 is 14.5 Å². The van der Waals surface area contributed by atoms with Crippen molar-refractivity contribution in [3.63, 3.8) is 0 Å². The maximum Gasteiger partial charge on any atom is 0.272 e. The first kappa shape index (κ1) is 37.2. The van der Waals surface area contributed by atoms with Gasteiger partial charge in [0.1, 0.15) is 5.82 Å². The van der Waals surface area contributed by atoms with E-state index in [0.717, 1.165) is 38.5 Å². The molecule has 11 heteroatoms. The number of halogens is 3. The zero-order valence-electron chi connectivity index (χ0n) is 31.6. The van der Waals surface area contributed by atoms with E-state index in [1.807, 2.05) is 12.1 Å². The maximum absolute atomic E-state index is 15.0. The highest BCUT2D eigenvalue weighted by Gasteiger charge is 2.62. The van der Waals surface area contributed by atoms with Crippen molar-refractivity contribution in [2.45, 2.75) is 103 Å². The molecule has 8 rings (SSSR count). The molecule has 8 nitrogen and oxygen atoms in total. The lowest BCUT2D eigenvalue weighted by atomic mass is 9.45. The second-order valence-electron chi connectivity index (χ2n) is 17.5. The fourth-order valence-corrected chi connectivity index (χ4v) is 11.7. The summed E-state index contributed by atoms with van der Waals surface area (Å²) in [6.07, 6.45) is 8.59. The van der Waals surface area contributed by atoms with Crippen molar-refractivity contribution in [1.82, 2.24) is 20.0 Å². The molecule has 4 saturated carbocycles. The fourth-order valence-electron chi connectivity index (χ4n) is 11.7. The highest BCUT2D eigenvalue weighted by molar-refractivity contribution is 5.95. The smallest absolute Gasteiger partial charge is 0.272 e. The number of rotatable bonds is 8. The summed E-state index contributed by atoms with van der Waals surface area (Å²) in [7, 11) is 0. The standard InChI is InChI=1S/C43H53F3N4O4/c1-41-17-18-43(45,46)26-28(41)10-11-31-33-12-14-37(42(33,2)16-15-34(31)41)54-23-5-8-38(51)49-19-21-50(22-20-49)40(53)32-24-27(9-13-35(32)44)25-36-29-6-3-4-7-30(29)39(52)48-47-36/h3-4,6-7,9,13,24,28,31,33-34,37H,5,8,10-12,14-23,25-26H2,1-2H3,(H,48,52)/t28-,31-,33-,34-,37-,41-,42-/m0/s1. The molecule has 2 aromatic carbocycles. The van der Waals surface area contributed by atoms with Crippen LogP contribution in [0.25, 0.3) is 10.8 Å². The Balaban J connectivity index is 0.803. The first-order chi connectivity index (χ1) is 25.9. The van der Waals surface area contributed by atoms with Crippen LogP contribution in [0.1, 0.15) is 106 Å². The molecule has 7 atom stereocenters. The number of hydrogen-bond acceptors (Lipinski definition) is 5. The van der Waals surface area contributed by atoms with Gasteiger partial charge in [-0.25, -0.2) is 18.3 Å². The molecule has 2 heterocycles. The molecule has 5 fully saturated rings. The van der Waals surface area contributed by atoms with Crippen LogP contribution >= 0.6 is 0 Å². The minimum Gasteiger partial charge on any atom is -0.378 e. The van der Waals surface area contributed by atoms with E-state index < -0.39 is 17.6 Å². The average molecular weight is 747 g/mol. The maximum atomic E-state index is 15.0.